The standard InChI is InChI=1S/C7H8F3N3O3/c1-4-2-12(11-6(4)13(15)16)3-5(14)7(8,9)10/h2,5,14H,3H2,1H3. The Morgan fingerprint density at radius 1 is 1.69 bits per heavy atom. The van der Waals surface area contributed by atoms with E-state index in [4.69, 9.17) is 5.11 Å². The van der Waals surface area contributed by atoms with E-state index in [0.29, 0.717) is 4.68 Å². The van der Waals surface area contributed by atoms with Gasteiger partial charge in [-0.1, -0.05) is 0 Å². The highest BCUT2D eigenvalue weighted by atomic mass is 19.4. The normalized spacial score (nSPS) is 13.8. The average Bonchev–Trinajstić information content (AvgIpc) is 2.45. The van der Waals surface area contributed by atoms with Crippen molar-refractivity contribution in [1.82, 2.24) is 9.78 Å². The molecule has 0 saturated heterocycles. The Hall–Kier alpha value is -1.64. The number of rotatable bonds is 3. The van der Waals surface area contributed by atoms with E-state index in [1.165, 1.54) is 6.92 Å². The van der Waals surface area contributed by atoms with Crippen LogP contribution >= 0.6 is 0 Å². The SMILES string of the molecule is Cc1cn(CC(O)C(F)(F)F)nc1[N+](=O)[O-]. The lowest BCUT2D eigenvalue weighted by atomic mass is 10.3. The van der Waals surface area contributed by atoms with E-state index in [1.807, 2.05) is 0 Å². The second kappa shape index (κ2) is 4.08. The second-order valence-corrected chi connectivity index (χ2v) is 3.17. The van der Waals surface area contributed by atoms with Crippen molar-refractivity contribution in [2.24, 2.45) is 0 Å². The number of nitro groups is 1. The molecule has 0 aromatic carbocycles. The van der Waals surface area contributed by atoms with Crippen molar-refractivity contribution in [2.45, 2.75) is 25.7 Å². The first-order valence-electron chi connectivity index (χ1n) is 4.15. The molecule has 16 heavy (non-hydrogen) atoms. The highest BCUT2D eigenvalue weighted by molar-refractivity contribution is 5.28. The predicted molar refractivity (Wildman–Crippen MR) is 45.7 cm³/mol. The first-order valence-corrected chi connectivity index (χ1v) is 4.15. The Bertz CT molecular complexity index is 401. The molecule has 0 aliphatic rings. The van der Waals surface area contributed by atoms with Crippen LogP contribution < -0.4 is 0 Å². The van der Waals surface area contributed by atoms with Crippen molar-refractivity contribution >= 4 is 5.82 Å². The van der Waals surface area contributed by atoms with Crippen molar-refractivity contribution in [3.05, 3.63) is 21.9 Å². The lowest BCUT2D eigenvalue weighted by Crippen LogP contribution is -2.32. The van der Waals surface area contributed by atoms with Crippen LogP contribution in [0.1, 0.15) is 5.56 Å². The van der Waals surface area contributed by atoms with Gasteiger partial charge in [-0.2, -0.15) is 17.9 Å². The highest BCUT2D eigenvalue weighted by Crippen LogP contribution is 2.22. The van der Waals surface area contributed by atoms with Gasteiger partial charge in [0.15, 0.2) is 6.10 Å². The van der Waals surface area contributed by atoms with Crippen LogP contribution in [-0.2, 0) is 6.54 Å². The molecule has 1 aromatic rings. The fourth-order valence-electron chi connectivity index (χ4n) is 1.07. The summed E-state index contributed by atoms with van der Waals surface area (Å²) in [5, 5.41) is 22.4. The summed E-state index contributed by atoms with van der Waals surface area (Å²) < 4.78 is 36.6. The van der Waals surface area contributed by atoms with Gasteiger partial charge in [-0.15, -0.1) is 0 Å². The number of aliphatic hydroxyl groups is 1. The number of aryl methyl sites for hydroxylation is 1. The molecule has 1 heterocycles. The number of hydrogen-bond acceptors (Lipinski definition) is 4. The molecule has 1 aromatic heterocycles. The molecule has 0 aliphatic heterocycles. The maximum atomic E-state index is 12.0. The molecule has 1 atom stereocenters. The van der Waals surface area contributed by atoms with Crippen molar-refractivity contribution in [3.63, 3.8) is 0 Å². The molecular weight excluding hydrogens is 231 g/mol. The van der Waals surface area contributed by atoms with Gasteiger partial charge in [-0.3, -0.25) is 0 Å². The second-order valence-electron chi connectivity index (χ2n) is 3.17. The van der Waals surface area contributed by atoms with Gasteiger partial charge in [-0.05, 0) is 11.8 Å². The van der Waals surface area contributed by atoms with Crippen LogP contribution in [-0.4, -0.2) is 32.1 Å². The Morgan fingerprint density at radius 3 is 2.62 bits per heavy atom. The van der Waals surface area contributed by atoms with Crippen LogP contribution in [0.5, 0.6) is 0 Å². The highest BCUT2D eigenvalue weighted by Gasteiger charge is 2.39. The first-order chi connectivity index (χ1) is 7.21. The molecule has 0 fully saturated rings. The predicted octanol–water partition coefficient (Wildman–Crippen LogP) is 1.02. The third-order valence-electron chi connectivity index (χ3n) is 1.83. The van der Waals surface area contributed by atoms with Crippen LogP contribution in [0.4, 0.5) is 19.0 Å². The molecule has 0 spiro atoms. The Labute approximate surface area is 87.4 Å². The molecule has 1 N–H and O–H groups in total. The minimum Gasteiger partial charge on any atom is -0.382 e. The van der Waals surface area contributed by atoms with Gasteiger partial charge in [0, 0.05) is 0 Å². The van der Waals surface area contributed by atoms with Gasteiger partial charge in [0.05, 0.1) is 23.4 Å². The number of alkyl halides is 3. The Balaban J connectivity index is 2.84. The molecule has 9 heteroatoms. The largest absolute Gasteiger partial charge is 0.416 e. The van der Waals surface area contributed by atoms with E-state index in [0.717, 1.165) is 6.20 Å². The van der Waals surface area contributed by atoms with E-state index >= 15 is 0 Å². The summed E-state index contributed by atoms with van der Waals surface area (Å²) in [6.45, 7) is 0.486. The maximum Gasteiger partial charge on any atom is 0.416 e. The summed E-state index contributed by atoms with van der Waals surface area (Å²) >= 11 is 0. The number of halogens is 3. The summed E-state index contributed by atoms with van der Waals surface area (Å²) in [6, 6.07) is 0. The van der Waals surface area contributed by atoms with Gasteiger partial charge >= 0.3 is 12.0 Å². The van der Waals surface area contributed by atoms with Crippen molar-refractivity contribution in [3.8, 4) is 0 Å². The van der Waals surface area contributed by atoms with Crippen LogP contribution in [0.2, 0.25) is 0 Å². The van der Waals surface area contributed by atoms with E-state index in [2.05, 4.69) is 5.10 Å². The maximum absolute atomic E-state index is 12.0. The van der Waals surface area contributed by atoms with Gasteiger partial charge in [0.2, 0.25) is 0 Å². The Kier molecular flexibility index (Phi) is 3.17. The zero-order valence-electron chi connectivity index (χ0n) is 8.10. The lowest BCUT2D eigenvalue weighted by Gasteiger charge is -2.12. The monoisotopic (exact) mass is 239 g/mol. The molecule has 0 amide bonds. The van der Waals surface area contributed by atoms with Gasteiger partial charge in [0.25, 0.3) is 0 Å². The Morgan fingerprint density at radius 2 is 2.25 bits per heavy atom. The number of aliphatic hydroxyl groups excluding tert-OH is 1. The number of aromatic nitrogens is 2. The lowest BCUT2D eigenvalue weighted by molar-refractivity contribution is -0.390. The zero-order chi connectivity index (χ0) is 12.5. The summed E-state index contributed by atoms with van der Waals surface area (Å²) in [5.74, 6) is -0.519. The molecule has 0 aliphatic carbocycles. The number of hydrogen-bond donors (Lipinski definition) is 1. The van der Waals surface area contributed by atoms with Crippen LogP contribution in [0.15, 0.2) is 6.20 Å². The average molecular weight is 239 g/mol. The number of nitrogens with zero attached hydrogens (tertiary/aromatic N) is 3. The third kappa shape index (κ3) is 2.69. The van der Waals surface area contributed by atoms with Gasteiger partial charge in [0.1, 0.15) is 0 Å². The van der Waals surface area contributed by atoms with Crippen molar-refractivity contribution < 1.29 is 23.2 Å². The molecular formula is C7H8F3N3O3. The van der Waals surface area contributed by atoms with Crippen molar-refractivity contribution in [2.75, 3.05) is 0 Å². The topological polar surface area (TPSA) is 81.2 Å². The summed E-state index contributed by atoms with van der Waals surface area (Å²) in [4.78, 5) is 9.56. The summed E-state index contributed by atoms with van der Waals surface area (Å²) in [7, 11) is 0. The van der Waals surface area contributed by atoms with Gasteiger partial charge in [-0.25, -0.2) is 0 Å². The molecule has 1 rings (SSSR count). The molecule has 1 unspecified atom stereocenters. The summed E-state index contributed by atoms with van der Waals surface area (Å²) in [6.07, 6.45) is -6.28. The van der Waals surface area contributed by atoms with Gasteiger partial charge < -0.3 is 15.2 Å². The van der Waals surface area contributed by atoms with E-state index in [1.54, 1.807) is 0 Å². The van der Waals surface area contributed by atoms with E-state index in [-0.39, 0.29) is 5.56 Å². The minimum absolute atomic E-state index is 0.138. The smallest absolute Gasteiger partial charge is 0.382 e. The van der Waals surface area contributed by atoms with E-state index in [9.17, 15) is 23.3 Å². The fraction of sp³-hybridized carbons (Fsp3) is 0.571. The minimum atomic E-state index is -4.77. The molecule has 0 bridgehead atoms. The van der Waals surface area contributed by atoms with E-state index < -0.39 is 29.6 Å². The molecule has 0 radical (unpaired) electrons. The van der Waals surface area contributed by atoms with Crippen molar-refractivity contribution in [1.29, 1.82) is 0 Å². The van der Waals surface area contributed by atoms with Crippen LogP contribution in [0.3, 0.4) is 0 Å². The quantitative estimate of drug-likeness (QED) is 0.630. The first kappa shape index (κ1) is 12.4. The molecule has 0 saturated carbocycles. The van der Waals surface area contributed by atoms with Crippen LogP contribution in [0, 0.1) is 17.0 Å². The third-order valence-corrected chi connectivity index (χ3v) is 1.83. The zero-order valence-corrected chi connectivity index (χ0v) is 8.10. The summed E-state index contributed by atoms with van der Waals surface area (Å²) in [5.41, 5.74) is 0.138. The molecule has 90 valence electrons. The van der Waals surface area contributed by atoms with Crippen LogP contribution in [0.25, 0.3) is 0 Å². The molecule has 6 nitrogen and oxygen atoms in total. The fourth-order valence-corrected chi connectivity index (χ4v) is 1.07.